The molecule has 18 heavy (non-hydrogen) atoms. The summed E-state index contributed by atoms with van der Waals surface area (Å²) in [6, 6.07) is 5.71. The smallest absolute Gasteiger partial charge is 0.126 e. The quantitative estimate of drug-likeness (QED) is 0.762. The minimum Gasteiger partial charge on any atom is -0.391 e. The molecule has 0 unspecified atom stereocenters. The van der Waals surface area contributed by atoms with Crippen molar-refractivity contribution in [1.82, 2.24) is 9.97 Å². The highest BCUT2D eigenvalue weighted by Gasteiger charge is 2.18. The number of benzene rings is 1. The summed E-state index contributed by atoms with van der Waals surface area (Å²) in [6.45, 7) is 8.17. The number of aliphatic hydroxyl groups is 1. The minimum atomic E-state index is -0.618. The van der Waals surface area contributed by atoms with Crippen molar-refractivity contribution in [2.75, 3.05) is 0 Å². The lowest BCUT2D eigenvalue weighted by Crippen LogP contribution is -2.24. The fourth-order valence-electron chi connectivity index (χ4n) is 1.88. The third-order valence-electron chi connectivity index (χ3n) is 3.20. The number of H-pyrrole nitrogens is 1. The topological polar surface area (TPSA) is 74.9 Å². The van der Waals surface area contributed by atoms with E-state index in [4.69, 9.17) is 5.73 Å². The summed E-state index contributed by atoms with van der Waals surface area (Å²) in [5, 5.41) is 9.50. The summed E-state index contributed by atoms with van der Waals surface area (Å²) in [4.78, 5) is 7.63. The van der Waals surface area contributed by atoms with E-state index in [2.05, 4.69) is 42.9 Å². The van der Waals surface area contributed by atoms with Crippen molar-refractivity contribution in [3.63, 3.8) is 0 Å². The molecule has 0 spiro atoms. The maximum Gasteiger partial charge on any atom is 0.126 e. The number of fused-ring (bicyclic) bond motifs is 1. The van der Waals surface area contributed by atoms with Gasteiger partial charge in [0.15, 0.2) is 0 Å². The molecule has 2 rings (SSSR count). The minimum absolute atomic E-state index is 0.0969. The largest absolute Gasteiger partial charge is 0.391 e. The summed E-state index contributed by atoms with van der Waals surface area (Å²) in [6.07, 6.45) is -0.618. The van der Waals surface area contributed by atoms with Crippen LogP contribution in [-0.2, 0) is 5.41 Å². The van der Waals surface area contributed by atoms with Gasteiger partial charge < -0.3 is 15.8 Å². The second-order valence-electron chi connectivity index (χ2n) is 5.87. The molecule has 4 N–H and O–H groups in total. The first kappa shape index (κ1) is 13.1. The zero-order valence-corrected chi connectivity index (χ0v) is 11.4. The van der Waals surface area contributed by atoms with Crippen LogP contribution < -0.4 is 5.73 Å². The van der Waals surface area contributed by atoms with E-state index in [1.165, 1.54) is 5.56 Å². The summed E-state index contributed by atoms with van der Waals surface area (Å²) in [7, 11) is 0. The summed E-state index contributed by atoms with van der Waals surface area (Å²) in [5.41, 5.74) is 9.06. The highest BCUT2D eigenvalue weighted by molar-refractivity contribution is 5.76. The first-order valence-electron chi connectivity index (χ1n) is 6.23. The number of aromatic amines is 1. The van der Waals surface area contributed by atoms with Gasteiger partial charge in [-0.15, -0.1) is 0 Å². The van der Waals surface area contributed by atoms with Crippen LogP contribution in [-0.4, -0.2) is 21.2 Å². The van der Waals surface area contributed by atoms with E-state index in [9.17, 15) is 5.11 Å². The van der Waals surface area contributed by atoms with Crippen LogP contribution in [0.4, 0.5) is 0 Å². The maximum atomic E-state index is 9.50. The lowest BCUT2D eigenvalue weighted by Gasteiger charge is -2.18. The number of hydrogen-bond donors (Lipinski definition) is 3. The Kier molecular flexibility index (Phi) is 3.17. The summed E-state index contributed by atoms with van der Waals surface area (Å²) in [5.74, 6) is 0.631. The van der Waals surface area contributed by atoms with E-state index in [0.29, 0.717) is 5.82 Å². The van der Waals surface area contributed by atoms with Crippen molar-refractivity contribution in [3.8, 4) is 0 Å². The van der Waals surface area contributed by atoms with Gasteiger partial charge in [-0.05, 0) is 30.0 Å². The maximum absolute atomic E-state index is 9.50. The molecule has 2 atom stereocenters. The second kappa shape index (κ2) is 4.37. The average molecular weight is 247 g/mol. The molecule has 1 aromatic heterocycles. The highest BCUT2D eigenvalue weighted by atomic mass is 16.3. The Labute approximate surface area is 107 Å². The van der Waals surface area contributed by atoms with Crippen LogP contribution in [0.15, 0.2) is 18.2 Å². The molecule has 0 aliphatic rings. The van der Waals surface area contributed by atoms with Crippen molar-refractivity contribution >= 4 is 11.0 Å². The number of nitrogens with zero attached hydrogens (tertiary/aromatic N) is 1. The lowest BCUT2D eigenvalue weighted by atomic mass is 9.87. The molecule has 0 aliphatic heterocycles. The molecule has 0 radical (unpaired) electrons. The van der Waals surface area contributed by atoms with E-state index >= 15 is 0 Å². The third-order valence-corrected chi connectivity index (χ3v) is 3.20. The number of imidazole rings is 1. The van der Waals surface area contributed by atoms with E-state index in [0.717, 1.165) is 11.0 Å². The van der Waals surface area contributed by atoms with E-state index in [-0.39, 0.29) is 5.41 Å². The predicted molar refractivity (Wildman–Crippen MR) is 73.4 cm³/mol. The van der Waals surface area contributed by atoms with Gasteiger partial charge in [0.1, 0.15) is 5.82 Å². The van der Waals surface area contributed by atoms with Crippen LogP contribution in [0, 0.1) is 0 Å². The van der Waals surface area contributed by atoms with Gasteiger partial charge in [-0.3, -0.25) is 0 Å². The Balaban J connectivity index is 2.46. The second-order valence-corrected chi connectivity index (χ2v) is 5.87. The number of aromatic nitrogens is 2. The fraction of sp³-hybridized carbons (Fsp3) is 0.500. The number of nitrogens with two attached hydrogens (primary N) is 1. The van der Waals surface area contributed by atoms with Gasteiger partial charge in [-0.1, -0.05) is 26.8 Å². The molecule has 0 fully saturated rings. The predicted octanol–water partition coefficient (Wildman–Crippen LogP) is 2.24. The Morgan fingerprint density at radius 3 is 2.56 bits per heavy atom. The van der Waals surface area contributed by atoms with Crippen LogP contribution in [0.1, 0.15) is 45.1 Å². The molecule has 0 saturated heterocycles. The van der Waals surface area contributed by atoms with E-state index < -0.39 is 12.1 Å². The molecule has 4 heteroatoms. The van der Waals surface area contributed by atoms with Gasteiger partial charge >= 0.3 is 0 Å². The Hall–Kier alpha value is -1.39. The van der Waals surface area contributed by atoms with Gasteiger partial charge in [-0.2, -0.15) is 0 Å². The molecular formula is C14H21N3O. The number of rotatable bonds is 2. The zero-order valence-electron chi connectivity index (χ0n) is 11.4. The van der Waals surface area contributed by atoms with Crippen LogP contribution >= 0.6 is 0 Å². The SMILES string of the molecule is C[C@@H](O)[C@@H](N)c1nc2cc(C(C)(C)C)ccc2[nH]1. The monoisotopic (exact) mass is 247 g/mol. The Morgan fingerprint density at radius 1 is 1.33 bits per heavy atom. The number of nitrogens with one attached hydrogen (secondary N) is 1. The standard InChI is InChI=1S/C14H21N3O/c1-8(18)12(15)13-16-10-6-5-9(14(2,3)4)7-11(10)17-13/h5-8,12,18H,15H2,1-4H3,(H,16,17)/t8-,12-/m1/s1. The molecule has 1 aromatic carbocycles. The van der Waals surface area contributed by atoms with E-state index in [1.807, 2.05) is 6.07 Å². The average Bonchev–Trinajstić information content (AvgIpc) is 2.68. The number of hydrogen-bond acceptors (Lipinski definition) is 3. The van der Waals surface area contributed by atoms with Gasteiger partial charge in [0.05, 0.1) is 23.2 Å². The molecule has 4 nitrogen and oxygen atoms in total. The van der Waals surface area contributed by atoms with Gasteiger partial charge in [0.2, 0.25) is 0 Å². The number of aliphatic hydroxyl groups excluding tert-OH is 1. The highest BCUT2D eigenvalue weighted by Crippen LogP contribution is 2.26. The fourth-order valence-corrected chi connectivity index (χ4v) is 1.88. The van der Waals surface area contributed by atoms with Gasteiger partial charge in [0.25, 0.3) is 0 Å². The molecule has 0 aliphatic carbocycles. The van der Waals surface area contributed by atoms with Gasteiger partial charge in [0, 0.05) is 0 Å². The first-order chi connectivity index (χ1) is 8.29. The summed E-state index contributed by atoms with van der Waals surface area (Å²) < 4.78 is 0. The molecule has 0 amide bonds. The lowest BCUT2D eigenvalue weighted by molar-refractivity contribution is 0.161. The van der Waals surface area contributed by atoms with Crippen molar-refractivity contribution in [2.45, 2.75) is 45.3 Å². The molecule has 0 bridgehead atoms. The summed E-state index contributed by atoms with van der Waals surface area (Å²) >= 11 is 0. The Morgan fingerprint density at radius 2 is 2.00 bits per heavy atom. The Bertz CT molecular complexity index is 552. The van der Waals surface area contributed by atoms with Crippen molar-refractivity contribution in [2.24, 2.45) is 5.73 Å². The third kappa shape index (κ3) is 2.40. The van der Waals surface area contributed by atoms with Crippen molar-refractivity contribution in [1.29, 1.82) is 0 Å². The van der Waals surface area contributed by atoms with Crippen molar-refractivity contribution < 1.29 is 5.11 Å². The van der Waals surface area contributed by atoms with Crippen LogP contribution in [0.2, 0.25) is 0 Å². The molecular weight excluding hydrogens is 226 g/mol. The zero-order chi connectivity index (χ0) is 13.5. The van der Waals surface area contributed by atoms with E-state index in [1.54, 1.807) is 6.92 Å². The van der Waals surface area contributed by atoms with Crippen LogP contribution in [0.3, 0.4) is 0 Å². The molecule has 0 saturated carbocycles. The van der Waals surface area contributed by atoms with Crippen molar-refractivity contribution in [3.05, 3.63) is 29.6 Å². The molecule has 2 aromatic rings. The van der Waals surface area contributed by atoms with Crippen LogP contribution in [0.25, 0.3) is 11.0 Å². The molecule has 98 valence electrons. The van der Waals surface area contributed by atoms with Crippen LogP contribution in [0.5, 0.6) is 0 Å². The van der Waals surface area contributed by atoms with Gasteiger partial charge in [-0.25, -0.2) is 4.98 Å². The normalized spacial score (nSPS) is 15.9. The molecule has 1 heterocycles. The first-order valence-corrected chi connectivity index (χ1v) is 6.23.